The van der Waals surface area contributed by atoms with E-state index in [2.05, 4.69) is 10.6 Å². The van der Waals surface area contributed by atoms with Crippen LogP contribution in [0.3, 0.4) is 0 Å². The first-order valence-electron chi connectivity index (χ1n) is 6.13. The van der Waals surface area contributed by atoms with Crippen molar-refractivity contribution < 1.29 is 9.72 Å². The van der Waals surface area contributed by atoms with Gasteiger partial charge in [-0.15, -0.1) is 0 Å². The first kappa shape index (κ1) is 13.4. The summed E-state index contributed by atoms with van der Waals surface area (Å²) in [5.41, 5.74) is 0.156. The Bertz CT molecular complexity index is 472. The number of amides is 1. The van der Waals surface area contributed by atoms with Gasteiger partial charge in [0.25, 0.3) is 5.69 Å². The van der Waals surface area contributed by atoms with Gasteiger partial charge in [-0.3, -0.25) is 19.8 Å². The largest absolute Gasteiger partial charge is 0.319 e. The quantitative estimate of drug-likeness (QED) is 0.608. The molecule has 2 rings (SSSR count). The van der Waals surface area contributed by atoms with E-state index in [9.17, 15) is 14.9 Å². The van der Waals surface area contributed by atoms with Crippen molar-refractivity contribution >= 4 is 17.3 Å². The Kier molecular flexibility index (Phi) is 4.43. The molecule has 0 bridgehead atoms. The van der Waals surface area contributed by atoms with Gasteiger partial charge in [0.2, 0.25) is 5.91 Å². The van der Waals surface area contributed by atoms with Crippen LogP contribution in [0.25, 0.3) is 0 Å². The summed E-state index contributed by atoms with van der Waals surface area (Å²) in [6.45, 7) is 3.60. The van der Waals surface area contributed by atoms with Crippen LogP contribution in [0.15, 0.2) is 24.3 Å². The predicted molar refractivity (Wildman–Crippen MR) is 71.0 cm³/mol. The highest BCUT2D eigenvalue weighted by molar-refractivity contribution is 5.94. The number of piperazine rings is 1. The van der Waals surface area contributed by atoms with Crippen LogP contribution in [-0.4, -0.2) is 48.5 Å². The van der Waals surface area contributed by atoms with Crippen molar-refractivity contribution in [1.29, 1.82) is 0 Å². The Morgan fingerprint density at radius 2 is 2.05 bits per heavy atom. The van der Waals surface area contributed by atoms with Crippen molar-refractivity contribution in [2.75, 3.05) is 38.0 Å². The molecule has 1 aliphatic rings. The number of nitro benzene ring substituents is 1. The SMILES string of the molecule is O=C(CN1CCNCC1)Nc1ccccc1[N+](=O)[O-]. The number of nitro groups is 1. The van der Waals surface area contributed by atoms with Crippen molar-refractivity contribution in [3.05, 3.63) is 34.4 Å². The molecule has 0 aromatic heterocycles. The number of nitrogens with one attached hydrogen (secondary N) is 2. The molecule has 0 saturated carbocycles. The van der Waals surface area contributed by atoms with Crippen molar-refractivity contribution in [2.45, 2.75) is 0 Å². The minimum Gasteiger partial charge on any atom is -0.319 e. The van der Waals surface area contributed by atoms with E-state index in [1.54, 1.807) is 12.1 Å². The minimum atomic E-state index is -0.500. The zero-order chi connectivity index (χ0) is 13.7. The maximum absolute atomic E-state index is 11.9. The fourth-order valence-corrected chi connectivity index (χ4v) is 2.00. The lowest BCUT2D eigenvalue weighted by molar-refractivity contribution is -0.383. The number of carbonyl (C=O) groups excluding carboxylic acids is 1. The average molecular weight is 264 g/mol. The van der Waals surface area contributed by atoms with Gasteiger partial charge < -0.3 is 10.6 Å². The van der Waals surface area contributed by atoms with Gasteiger partial charge in [-0.05, 0) is 6.07 Å². The van der Waals surface area contributed by atoms with E-state index < -0.39 is 4.92 Å². The third-order valence-electron chi connectivity index (χ3n) is 2.95. The highest BCUT2D eigenvalue weighted by Gasteiger charge is 2.17. The first-order valence-corrected chi connectivity index (χ1v) is 6.13. The highest BCUT2D eigenvalue weighted by atomic mass is 16.6. The van der Waals surface area contributed by atoms with Crippen LogP contribution in [0.5, 0.6) is 0 Å². The van der Waals surface area contributed by atoms with Crippen LogP contribution in [0.1, 0.15) is 0 Å². The van der Waals surface area contributed by atoms with Crippen LogP contribution in [0.2, 0.25) is 0 Å². The number of hydrogen-bond donors (Lipinski definition) is 2. The lowest BCUT2D eigenvalue weighted by Gasteiger charge is -2.26. The molecule has 0 unspecified atom stereocenters. The Labute approximate surface area is 110 Å². The van der Waals surface area contributed by atoms with Gasteiger partial charge in [-0.1, -0.05) is 12.1 Å². The molecule has 0 spiro atoms. The molecule has 0 radical (unpaired) electrons. The number of nitrogens with zero attached hydrogens (tertiary/aromatic N) is 2. The Morgan fingerprint density at radius 3 is 2.74 bits per heavy atom. The third-order valence-corrected chi connectivity index (χ3v) is 2.95. The lowest BCUT2D eigenvalue weighted by Crippen LogP contribution is -2.46. The van der Waals surface area contributed by atoms with Gasteiger partial charge in [-0.25, -0.2) is 0 Å². The molecule has 7 heteroatoms. The molecule has 1 amide bonds. The second-order valence-corrected chi connectivity index (χ2v) is 4.35. The smallest absolute Gasteiger partial charge is 0.292 e. The number of carbonyl (C=O) groups is 1. The van der Waals surface area contributed by atoms with Gasteiger partial charge in [-0.2, -0.15) is 0 Å². The molecular weight excluding hydrogens is 248 g/mol. The van der Waals surface area contributed by atoms with E-state index in [4.69, 9.17) is 0 Å². The zero-order valence-electron chi connectivity index (χ0n) is 10.5. The molecule has 2 N–H and O–H groups in total. The van der Waals surface area contributed by atoms with Crippen LogP contribution >= 0.6 is 0 Å². The predicted octanol–water partition coefficient (Wildman–Crippen LogP) is 0.438. The monoisotopic (exact) mass is 264 g/mol. The Balaban J connectivity index is 1.96. The highest BCUT2D eigenvalue weighted by Crippen LogP contribution is 2.22. The minimum absolute atomic E-state index is 0.0869. The maximum Gasteiger partial charge on any atom is 0.292 e. The maximum atomic E-state index is 11.9. The molecule has 1 saturated heterocycles. The summed E-state index contributed by atoms with van der Waals surface area (Å²) in [6.07, 6.45) is 0. The number of anilines is 1. The fourth-order valence-electron chi connectivity index (χ4n) is 2.00. The Morgan fingerprint density at radius 1 is 1.37 bits per heavy atom. The van der Waals surface area contributed by atoms with E-state index in [1.807, 2.05) is 4.90 Å². The second kappa shape index (κ2) is 6.26. The molecular formula is C12H16N4O3. The van der Waals surface area contributed by atoms with Gasteiger partial charge in [0, 0.05) is 32.2 Å². The number of benzene rings is 1. The zero-order valence-corrected chi connectivity index (χ0v) is 10.5. The summed E-state index contributed by atoms with van der Waals surface area (Å²) >= 11 is 0. The van der Waals surface area contributed by atoms with Gasteiger partial charge in [0.1, 0.15) is 5.69 Å². The van der Waals surface area contributed by atoms with Gasteiger partial charge in [0.05, 0.1) is 11.5 Å². The molecule has 0 aliphatic carbocycles. The fraction of sp³-hybridized carbons (Fsp3) is 0.417. The van der Waals surface area contributed by atoms with E-state index in [1.165, 1.54) is 12.1 Å². The molecule has 102 valence electrons. The first-order chi connectivity index (χ1) is 9.16. The van der Waals surface area contributed by atoms with Crippen molar-refractivity contribution in [1.82, 2.24) is 10.2 Å². The third kappa shape index (κ3) is 3.73. The number of para-hydroxylation sites is 2. The van der Waals surface area contributed by atoms with Crippen molar-refractivity contribution in [3.63, 3.8) is 0 Å². The van der Waals surface area contributed by atoms with Crippen LogP contribution in [0, 0.1) is 10.1 Å². The molecule has 0 atom stereocenters. The van der Waals surface area contributed by atoms with Gasteiger partial charge in [0.15, 0.2) is 0 Å². The summed E-state index contributed by atoms with van der Waals surface area (Å²) < 4.78 is 0. The van der Waals surface area contributed by atoms with Crippen LogP contribution < -0.4 is 10.6 Å². The molecule has 7 nitrogen and oxygen atoms in total. The standard InChI is InChI=1S/C12H16N4O3/c17-12(9-15-7-5-13-6-8-15)14-10-3-1-2-4-11(10)16(18)19/h1-4,13H,5-9H2,(H,14,17). The van der Waals surface area contributed by atoms with E-state index in [-0.39, 0.29) is 23.8 Å². The number of rotatable bonds is 4. The molecule has 1 heterocycles. The topological polar surface area (TPSA) is 87.5 Å². The lowest BCUT2D eigenvalue weighted by atomic mass is 10.2. The molecule has 1 aliphatic heterocycles. The van der Waals surface area contributed by atoms with Crippen LogP contribution in [-0.2, 0) is 4.79 Å². The van der Waals surface area contributed by atoms with E-state index in [0.717, 1.165) is 26.2 Å². The number of hydrogen-bond acceptors (Lipinski definition) is 5. The molecule has 1 fully saturated rings. The molecule has 19 heavy (non-hydrogen) atoms. The van der Waals surface area contributed by atoms with E-state index >= 15 is 0 Å². The molecule has 1 aromatic carbocycles. The van der Waals surface area contributed by atoms with Crippen LogP contribution in [0.4, 0.5) is 11.4 Å². The van der Waals surface area contributed by atoms with Crippen molar-refractivity contribution in [2.24, 2.45) is 0 Å². The summed E-state index contributed by atoms with van der Waals surface area (Å²) in [7, 11) is 0. The van der Waals surface area contributed by atoms with Crippen molar-refractivity contribution in [3.8, 4) is 0 Å². The van der Waals surface area contributed by atoms with E-state index in [0.29, 0.717) is 0 Å². The normalized spacial score (nSPS) is 16.0. The van der Waals surface area contributed by atoms with Gasteiger partial charge >= 0.3 is 0 Å². The second-order valence-electron chi connectivity index (χ2n) is 4.35. The average Bonchev–Trinajstić information content (AvgIpc) is 2.40. The summed E-state index contributed by atoms with van der Waals surface area (Å²) in [5, 5.41) is 16.6. The summed E-state index contributed by atoms with van der Waals surface area (Å²) in [6, 6.07) is 6.14. The summed E-state index contributed by atoms with van der Waals surface area (Å²) in [4.78, 5) is 24.2. The Hall–Kier alpha value is -1.99. The molecule has 1 aromatic rings. The summed E-state index contributed by atoms with van der Waals surface area (Å²) in [5.74, 6) is -0.226.